The van der Waals surface area contributed by atoms with E-state index in [1.54, 1.807) is 7.11 Å². The normalized spacial score (nSPS) is 19.6. The van der Waals surface area contributed by atoms with Gasteiger partial charge in [0.25, 0.3) is 0 Å². The predicted octanol–water partition coefficient (Wildman–Crippen LogP) is 3.24. The summed E-state index contributed by atoms with van der Waals surface area (Å²) in [6, 6.07) is 0. The molecule has 4 heteroatoms. The lowest BCUT2D eigenvalue weighted by atomic mass is 9.73. The van der Waals surface area contributed by atoms with Crippen molar-refractivity contribution in [2.45, 2.75) is 57.8 Å². The molecule has 1 aliphatic carbocycles. The summed E-state index contributed by atoms with van der Waals surface area (Å²) in [7, 11) is 1.65. The van der Waals surface area contributed by atoms with Crippen LogP contribution >= 0.6 is 0 Å². The Kier molecular flexibility index (Phi) is 8.07. The van der Waals surface area contributed by atoms with Crippen LogP contribution in [0.25, 0.3) is 0 Å². The minimum absolute atomic E-state index is 0.495. The minimum atomic E-state index is -0.605. The van der Waals surface area contributed by atoms with Gasteiger partial charge in [0.1, 0.15) is 0 Å². The molecule has 1 aliphatic rings. The second-order valence-electron chi connectivity index (χ2n) is 5.56. The smallest absolute Gasteiger partial charge is 0.309 e. The Morgan fingerprint density at radius 1 is 1.05 bits per heavy atom. The maximum atomic E-state index is 11.6. The molecule has 0 heterocycles. The van der Waals surface area contributed by atoms with E-state index in [-0.39, 0.29) is 0 Å². The molecule has 1 saturated carbocycles. The zero-order valence-electron chi connectivity index (χ0n) is 12.2. The first kappa shape index (κ1) is 16.4. The van der Waals surface area contributed by atoms with Crippen LogP contribution in [0.1, 0.15) is 57.8 Å². The Balaban J connectivity index is 2.35. The number of ether oxygens (including phenoxy) is 2. The van der Waals surface area contributed by atoms with Crippen molar-refractivity contribution < 1.29 is 19.4 Å². The van der Waals surface area contributed by atoms with E-state index in [1.807, 2.05) is 0 Å². The molecule has 0 amide bonds. The van der Waals surface area contributed by atoms with Crippen LogP contribution in [0.3, 0.4) is 0 Å². The monoisotopic (exact) mass is 272 g/mol. The van der Waals surface area contributed by atoms with E-state index in [9.17, 15) is 9.90 Å². The van der Waals surface area contributed by atoms with Gasteiger partial charge in [-0.25, -0.2) is 0 Å². The molecule has 1 fully saturated rings. The standard InChI is InChI=1S/C15H28O4/c1-18-12-13-19-11-7-10-15(14(16)17)8-5-3-2-4-6-9-15/h2-13H2,1H3,(H,16,17). The van der Waals surface area contributed by atoms with Gasteiger partial charge in [-0.15, -0.1) is 0 Å². The van der Waals surface area contributed by atoms with Crippen LogP contribution < -0.4 is 0 Å². The highest BCUT2D eigenvalue weighted by Gasteiger charge is 2.37. The summed E-state index contributed by atoms with van der Waals surface area (Å²) in [5.74, 6) is -0.605. The van der Waals surface area contributed by atoms with Gasteiger partial charge in [-0.3, -0.25) is 4.79 Å². The Bertz CT molecular complexity index is 245. The largest absolute Gasteiger partial charge is 0.481 e. The van der Waals surface area contributed by atoms with E-state index in [1.165, 1.54) is 19.3 Å². The van der Waals surface area contributed by atoms with Gasteiger partial charge in [0.2, 0.25) is 0 Å². The molecule has 0 bridgehead atoms. The lowest BCUT2D eigenvalue weighted by Gasteiger charge is -2.31. The van der Waals surface area contributed by atoms with Crippen LogP contribution in [0.2, 0.25) is 0 Å². The number of aliphatic carboxylic acids is 1. The molecule has 1 rings (SSSR count). The van der Waals surface area contributed by atoms with Crippen molar-refractivity contribution in [2.24, 2.45) is 5.41 Å². The first-order valence-electron chi connectivity index (χ1n) is 7.51. The van der Waals surface area contributed by atoms with Gasteiger partial charge in [0.05, 0.1) is 18.6 Å². The van der Waals surface area contributed by atoms with Gasteiger partial charge < -0.3 is 14.6 Å². The van der Waals surface area contributed by atoms with Crippen LogP contribution in [-0.2, 0) is 14.3 Å². The Labute approximate surface area is 116 Å². The molecule has 19 heavy (non-hydrogen) atoms. The average molecular weight is 272 g/mol. The first-order chi connectivity index (χ1) is 9.21. The molecule has 4 nitrogen and oxygen atoms in total. The van der Waals surface area contributed by atoms with Gasteiger partial charge in [-0.05, 0) is 25.7 Å². The Morgan fingerprint density at radius 2 is 1.68 bits per heavy atom. The summed E-state index contributed by atoms with van der Waals surface area (Å²) in [5.41, 5.74) is -0.495. The molecule has 0 atom stereocenters. The lowest BCUT2D eigenvalue weighted by molar-refractivity contribution is -0.151. The third-order valence-corrected chi connectivity index (χ3v) is 4.14. The van der Waals surface area contributed by atoms with Crippen LogP contribution in [0.5, 0.6) is 0 Å². The minimum Gasteiger partial charge on any atom is -0.481 e. The van der Waals surface area contributed by atoms with Crippen LogP contribution in [0.15, 0.2) is 0 Å². The number of rotatable bonds is 8. The van der Waals surface area contributed by atoms with Crippen molar-refractivity contribution in [2.75, 3.05) is 26.9 Å². The molecule has 0 aliphatic heterocycles. The van der Waals surface area contributed by atoms with E-state index < -0.39 is 11.4 Å². The maximum Gasteiger partial charge on any atom is 0.309 e. The van der Waals surface area contributed by atoms with E-state index in [0.29, 0.717) is 19.8 Å². The summed E-state index contributed by atoms with van der Waals surface area (Å²) in [6.07, 6.45) is 8.97. The second kappa shape index (κ2) is 9.32. The first-order valence-corrected chi connectivity index (χ1v) is 7.51. The quantitative estimate of drug-likeness (QED) is 0.689. The average Bonchev–Trinajstić information content (AvgIpc) is 2.35. The lowest BCUT2D eigenvalue weighted by Crippen LogP contribution is -2.32. The molecule has 112 valence electrons. The number of hydrogen-bond donors (Lipinski definition) is 1. The van der Waals surface area contributed by atoms with E-state index >= 15 is 0 Å². The zero-order valence-corrected chi connectivity index (χ0v) is 12.2. The number of carboxylic acid groups (broad SMARTS) is 1. The fourth-order valence-corrected chi connectivity index (χ4v) is 2.91. The van der Waals surface area contributed by atoms with E-state index in [4.69, 9.17) is 9.47 Å². The molecule has 0 unspecified atom stereocenters. The molecule has 0 aromatic heterocycles. The predicted molar refractivity (Wildman–Crippen MR) is 74.3 cm³/mol. The zero-order chi connectivity index (χ0) is 14.0. The summed E-state index contributed by atoms with van der Waals surface area (Å²) in [4.78, 5) is 11.6. The molecule has 0 aromatic rings. The molecular formula is C15H28O4. The van der Waals surface area contributed by atoms with E-state index in [2.05, 4.69) is 0 Å². The van der Waals surface area contributed by atoms with E-state index in [0.717, 1.165) is 38.5 Å². The molecule has 0 saturated heterocycles. The van der Waals surface area contributed by atoms with Crippen molar-refractivity contribution in [1.82, 2.24) is 0 Å². The molecule has 1 N–H and O–H groups in total. The van der Waals surface area contributed by atoms with Gasteiger partial charge >= 0.3 is 5.97 Å². The Morgan fingerprint density at radius 3 is 2.26 bits per heavy atom. The number of methoxy groups -OCH3 is 1. The molecular weight excluding hydrogens is 244 g/mol. The highest BCUT2D eigenvalue weighted by Crippen LogP contribution is 2.38. The SMILES string of the molecule is COCCOCCCC1(C(=O)O)CCCCCCC1. The summed E-state index contributed by atoms with van der Waals surface area (Å²) >= 11 is 0. The topological polar surface area (TPSA) is 55.8 Å². The van der Waals surface area contributed by atoms with Gasteiger partial charge in [0, 0.05) is 13.7 Å². The summed E-state index contributed by atoms with van der Waals surface area (Å²) in [6.45, 7) is 1.83. The second-order valence-corrected chi connectivity index (χ2v) is 5.56. The van der Waals surface area contributed by atoms with Crippen molar-refractivity contribution in [3.05, 3.63) is 0 Å². The number of hydrogen-bond acceptors (Lipinski definition) is 3. The van der Waals surface area contributed by atoms with Crippen molar-refractivity contribution >= 4 is 5.97 Å². The summed E-state index contributed by atoms with van der Waals surface area (Å²) < 4.78 is 10.3. The highest BCUT2D eigenvalue weighted by atomic mass is 16.5. The van der Waals surface area contributed by atoms with Crippen LogP contribution in [-0.4, -0.2) is 38.0 Å². The number of carbonyl (C=O) groups is 1. The number of carboxylic acids is 1. The fraction of sp³-hybridized carbons (Fsp3) is 0.933. The molecule has 0 spiro atoms. The van der Waals surface area contributed by atoms with Gasteiger partial charge in [0.15, 0.2) is 0 Å². The van der Waals surface area contributed by atoms with Gasteiger partial charge in [-0.2, -0.15) is 0 Å². The van der Waals surface area contributed by atoms with Crippen LogP contribution in [0.4, 0.5) is 0 Å². The molecule has 0 radical (unpaired) electrons. The summed E-state index contributed by atoms with van der Waals surface area (Å²) in [5, 5.41) is 9.59. The van der Waals surface area contributed by atoms with Crippen LogP contribution in [0, 0.1) is 5.41 Å². The highest BCUT2D eigenvalue weighted by molar-refractivity contribution is 5.74. The molecule has 0 aromatic carbocycles. The van der Waals surface area contributed by atoms with Gasteiger partial charge in [-0.1, -0.05) is 32.1 Å². The third-order valence-electron chi connectivity index (χ3n) is 4.14. The van der Waals surface area contributed by atoms with Crippen molar-refractivity contribution in [3.63, 3.8) is 0 Å². The van der Waals surface area contributed by atoms with Crippen molar-refractivity contribution in [1.29, 1.82) is 0 Å². The Hall–Kier alpha value is -0.610. The van der Waals surface area contributed by atoms with Crippen molar-refractivity contribution in [3.8, 4) is 0 Å². The fourth-order valence-electron chi connectivity index (χ4n) is 2.91. The maximum absolute atomic E-state index is 11.6. The third kappa shape index (κ3) is 5.91.